The van der Waals surface area contributed by atoms with E-state index in [0.29, 0.717) is 18.5 Å². The van der Waals surface area contributed by atoms with Gasteiger partial charge in [0.1, 0.15) is 5.75 Å². The molecule has 0 spiro atoms. The molecule has 1 aliphatic heterocycles. The Morgan fingerprint density at radius 3 is 2.63 bits per heavy atom. The number of hydrogen-bond acceptors (Lipinski definition) is 3. The lowest BCUT2D eigenvalue weighted by molar-refractivity contribution is -0.117. The summed E-state index contributed by atoms with van der Waals surface area (Å²) in [6.45, 7) is 7.74. The molecule has 4 heteroatoms. The molecule has 0 radical (unpaired) electrons. The van der Waals surface area contributed by atoms with Gasteiger partial charge in [0.05, 0.1) is 13.7 Å². The van der Waals surface area contributed by atoms with Gasteiger partial charge in [0.15, 0.2) is 0 Å². The minimum atomic E-state index is 0.0617. The van der Waals surface area contributed by atoms with E-state index >= 15 is 0 Å². The van der Waals surface area contributed by atoms with Crippen molar-refractivity contribution < 1.29 is 9.53 Å². The molecular weight excluding hydrogens is 336 g/mol. The number of nitrogens with zero attached hydrogens (tertiary/aromatic N) is 1. The van der Waals surface area contributed by atoms with E-state index in [1.807, 2.05) is 12.1 Å². The van der Waals surface area contributed by atoms with Crippen molar-refractivity contribution in [1.82, 2.24) is 4.90 Å². The number of nitrogens with one attached hydrogen (secondary N) is 1. The number of hydrogen-bond donors (Lipinski definition) is 1. The maximum Gasteiger partial charge on any atom is 0.238 e. The van der Waals surface area contributed by atoms with Gasteiger partial charge in [-0.2, -0.15) is 0 Å². The van der Waals surface area contributed by atoms with Gasteiger partial charge >= 0.3 is 0 Å². The summed E-state index contributed by atoms with van der Waals surface area (Å²) in [5.74, 6) is 1.30. The number of rotatable bonds is 6. The van der Waals surface area contributed by atoms with Crippen LogP contribution in [0.5, 0.6) is 5.75 Å². The molecule has 0 bridgehead atoms. The number of carbonyl (C=O) groups is 1. The Hall–Kier alpha value is -2.33. The van der Waals surface area contributed by atoms with Gasteiger partial charge in [0.2, 0.25) is 5.91 Å². The van der Waals surface area contributed by atoms with E-state index < -0.39 is 0 Å². The van der Waals surface area contributed by atoms with Gasteiger partial charge in [-0.3, -0.25) is 9.69 Å². The Balaban J connectivity index is 1.70. The Labute approximate surface area is 162 Å². The Morgan fingerprint density at radius 2 is 1.96 bits per heavy atom. The number of carbonyl (C=O) groups excluding carboxylic acids is 1. The fraction of sp³-hybridized carbons (Fsp3) is 0.435. The highest BCUT2D eigenvalue weighted by Gasteiger charge is 2.28. The van der Waals surface area contributed by atoms with Gasteiger partial charge in [-0.05, 0) is 61.1 Å². The van der Waals surface area contributed by atoms with Gasteiger partial charge in [-0.25, -0.2) is 0 Å². The summed E-state index contributed by atoms with van der Waals surface area (Å²) < 4.78 is 5.25. The summed E-state index contributed by atoms with van der Waals surface area (Å²) in [6, 6.07) is 14.7. The first-order chi connectivity index (χ1) is 13.0. The smallest absolute Gasteiger partial charge is 0.238 e. The zero-order valence-corrected chi connectivity index (χ0v) is 16.8. The lowest BCUT2D eigenvalue weighted by Gasteiger charge is -2.25. The van der Waals surface area contributed by atoms with E-state index in [4.69, 9.17) is 4.74 Å². The van der Waals surface area contributed by atoms with E-state index in [0.717, 1.165) is 36.4 Å². The van der Waals surface area contributed by atoms with Gasteiger partial charge in [0.25, 0.3) is 0 Å². The lowest BCUT2D eigenvalue weighted by Crippen LogP contribution is -2.33. The van der Waals surface area contributed by atoms with Crippen LogP contribution in [-0.4, -0.2) is 31.0 Å². The summed E-state index contributed by atoms with van der Waals surface area (Å²) >= 11 is 0. The normalized spacial score (nSPS) is 17.3. The molecule has 1 saturated heterocycles. The third-order valence-electron chi connectivity index (χ3n) is 5.40. The van der Waals surface area contributed by atoms with Crippen LogP contribution in [0.3, 0.4) is 0 Å². The highest BCUT2D eigenvalue weighted by molar-refractivity contribution is 5.94. The minimum absolute atomic E-state index is 0.0617. The number of ether oxygens (including phenoxy) is 1. The van der Waals surface area contributed by atoms with Crippen molar-refractivity contribution >= 4 is 11.6 Å². The second-order valence-electron chi connectivity index (χ2n) is 7.64. The van der Waals surface area contributed by atoms with E-state index in [9.17, 15) is 4.79 Å². The third kappa shape index (κ3) is 4.51. The first kappa shape index (κ1) is 19.4. The molecular formula is C23H30N2O2. The number of likely N-dealkylation sites (tertiary alicyclic amines) is 1. The highest BCUT2D eigenvalue weighted by atomic mass is 16.5. The van der Waals surface area contributed by atoms with Crippen LogP contribution in [-0.2, 0) is 4.79 Å². The molecule has 1 fully saturated rings. The number of anilines is 1. The molecule has 1 aliphatic rings. The topological polar surface area (TPSA) is 41.6 Å². The summed E-state index contributed by atoms with van der Waals surface area (Å²) in [5, 5.41) is 3.18. The maximum absolute atomic E-state index is 12.8. The first-order valence-corrected chi connectivity index (χ1v) is 9.77. The molecule has 1 N–H and O–H groups in total. The quantitative estimate of drug-likeness (QED) is 0.790. The molecule has 144 valence electrons. The molecule has 1 atom stereocenters. The molecule has 27 heavy (non-hydrogen) atoms. The SMILES string of the molecule is COc1ccc(C2CCCN2CC(=O)Nc2c(C)cccc2C(C)C)cc1. The predicted molar refractivity (Wildman–Crippen MR) is 110 cm³/mol. The van der Waals surface area contributed by atoms with Crippen molar-refractivity contribution in [3.63, 3.8) is 0 Å². The largest absolute Gasteiger partial charge is 0.497 e. The van der Waals surface area contributed by atoms with Gasteiger partial charge in [-0.1, -0.05) is 44.2 Å². The molecule has 0 aliphatic carbocycles. The Bertz CT molecular complexity index is 783. The second kappa shape index (κ2) is 8.57. The molecule has 3 rings (SSSR count). The fourth-order valence-electron chi connectivity index (χ4n) is 3.92. The number of aryl methyl sites for hydroxylation is 1. The number of benzene rings is 2. The van der Waals surface area contributed by atoms with Crippen LogP contribution >= 0.6 is 0 Å². The summed E-state index contributed by atoms with van der Waals surface area (Å²) in [5.41, 5.74) is 4.52. The van der Waals surface area contributed by atoms with Crippen LogP contribution < -0.4 is 10.1 Å². The average Bonchev–Trinajstić information content (AvgIpc) is 3.11. The van der Waals surface area contributed by atoms with Crippen molar-refractivity contribution in [1.29, 1.82) is 0 Å². The Morgan fingerprint density at radius 1 is 1.22 bits per heavy atom. The van der Waals surface area contributed by atoms with Crippen molar-refractivity contribution in [3.05, 3.63) is 59.2 Å². The van der Waals surface area contributed by atoms with Crippen molar-refractivity contribution in [3.8, 4) is 5.75 Å². The first-order valence-electron chi connectivity index (χ1n) is 9.77. The lowest BCUT2D eigenvalue weighted by atomic mass is 9.98. The molecule has 4 nitrogen and oxygen atoms in total. The predicted octanol–water partition coefficient (Wildman–Crippen LogP) is 4.90. The molecule has 0 saturated carbocycles. The highest BCUT2D eigenvalue weighted by Crippen LogP contribution is 2.33. The zero-order chi connectivity index (χ0) is 19.4. The molecule has 1 amide bonds. The van der Waals surface area contributed by atoms with Crippen molar-refractivity contribution in [2.24, 2.45) is 0 Å². The molecule has 2 aromatic rings. The average molecular weight is 367 g/mol. The monoisotopic (exact) mass is 366 g/mol. The van der Waals surface area contributed by atoms with E-state index in [2.05, 4.69) is 61.3 Å². The van der Waals surface area contributed by atoms with E-state index in [-0.39, 0.29) is 5.91 Å². The number of methoxy groups -OCH3 is 1. The van der Waals surface area contributed by atoms with Crippen LogP contribution in [0.4, 0.5) is 5.69 Å². The fourth-order valence-corrected chi connectivity index (χ4v) is 3.92. The molecule has 2 aromatic carbocycles. The van der Waals surface area contributed by atoms with Crippen LogP contribution in [0, 0.1) is 6.92 Å². The van der Waals surface area contributed by atoms with E-state index in [1.165, 1.54) is 11.1 Å². The summed E-state index contributed by atoms with van der Waals surface area (Å²) in [7, 11) is 1.68. The van der Waals surface area contributed by atoms with Crippen LogP contribution in [0.15, 0.2) is 42.5 Å². The minimum Gasteiger partial charge on any atom is -0.497 e. The molecule has 0 aromatic heterocycles. The zero-order valence-electron chi connectivity index (χ0n) is 16.8. The standard InChI is InChI=1S/C23H30N2O2/c1-16(2)20-8-5-7-17(3)23(20)24-22(26)15-25-14-6-9-21(25)18-10-12-19(27-4)13-11-18/h5,7-8,10-13,16,21H,6,9,14-15H2,1-4H3,(H,24,26). The van der Waals surface area contributed by atoms with Crippen molar-refractivity contribution in [2.75, 3.05) is 25.5 Å². The van der Waals surface area contributed by atoms with Gasteiger partial charge < -0.3 is 10.1 Å². The van der Waals surface area contributed by atoms with Gasteiger partial charge in [-0.15, -0.1) is 0 Å². The molecule has 1 unspecified atom stereocenters. The van der Waals surface area contributed by atoms with Crippen LogP contribution in [0.1, 0.15) is 55.3 Å². The second-order valence-corrected chi connectivity index (χ2v) is 7.64. The van der Waals surface area contributed by atoms with Crippen molar-refractivity contribution in [2.45, 2.75) is 45.6 Å². The van der Waals surface area contributed by atoms with E-state index in [1.54, 1.807) is 7.11 Å². The summed E-state index contributed by atoms with van der Waals surface area (Å²) in [6.07, 6.45) is 2.20. The van der Waals surface area contributed by atoms with Crippen LogP contribution in [0.2, 0.25) is 0 Å². The molecule has 1 heterocycles. The summed E-state index contributed by atoms with van der Waals surface area (Å²) in [4.78, 5) is 15.1. The number of para-hydroxylation sites is 1. The number of amides is 1. The third-order valence-corrected chi connectivity index (χ3v) is 5.40. The van der Waals surface area contributed by atoms with Crippen LogP contribution in [0.25, 0.3) is 0 Å². The van der Waals surface area contributed by atoms with Gasteiger partial charge in [0, 0.05) is 11.7 Å². The Kier molecular flexibility index (Phi) is 6.17. The maximum atomic E-state index is 12.8.